The molecule has 0 heterocycles. The lowest BCUT2D eigenvalue weighted by molar-refractivity contribution is 0.243. The van der Waals surface area contributed by atoms with Gasteiger partial charge < -0.3 is 5.73 Å². The van der Waals surface area contributed by atoms with Gasteiger partial charge in [0.05, 0.1) is 0 Å². The molecule has 0 saturated heterocycles. The van der Waals surface area contributed by atoms with Gasteiger partial charge in [-0.3, -0.25) is 4.90 Å². The van der Waals surface area contributed by atoms with Crippen LogP contribution >= 0.6 is 0 Å². The van der Waals surface area contributed by atoms with E-state index >= 15 is 0 Å². The molecule has 1 aromatic rings. The van der Waals surface area contributed by atoms with Crippen molar-refractivity contribution in [3.05, 3.63) is 35.1 Å². The summed E-state index contributed by atoms with van der Waals surface area (Å²) in [5.41, 5.74) is 7.37. The van der Waals surface area contributed by atoms with E-state index in [0.717, 1.165) is 24.1 Å². The van der Waals surface area contributed by atoms with E-state index in [4.69, 9.17) is 5.73 Å². The Labute approximate surface area is 97.3 Å². The Morgan fingerprint density at radius 1 is 1.31 bits per heavy atom. The van der Waals surface area contributed by atoms with Gasteiger partial charge in [0.15, 0.2) is 0 Å². The second kappa shape index (κ2) is 5.97. The predicted octanol–water partition coefficient (Wildman–Crippen LogP) is 2.51. The molecule has 16 heavy (non-hydrogen) atoms. The first kappa shape index (κ1) is 13.1. The predicted molar refractivity (Wildman–Crippen MR) is 65.5 cm³/mol. The molecule has 0 amide bonds. The molecule has 0 fully saturated rings. The minimum absolute atomic E-state index is 0.199. The van der Waals surface area contributed by atoms with E-state index in [-0.39, 0.29) is 5.82 Å². The molecule has 0 bridgehead atoms. The number of nitrogens with zero attached hydrogens (tertiary/aromatic N) is 1. The summed E-state index contributed by atoms with van der Waals surface area (Å²) in [6.45, 7) is 5.47. The van der Waals surface area contributed by atoms with Gasteiger partial charge in [0, 0.05) is 19.1 Å². The molecule has 2 N–H and O–H groups in total. The quantitative estimate of drug-likeness (QED) is 0.832. The first-order valence-electron chi connectivity index (χ1n) is 5.75. The van der Waals surface area contributed by atoms with E-state index in [1.165, 1.54) is 6.07 Å². The molecule has 0 aliphatic rings. The van der Waals surface area contributed by atoms with E-state index in [0.29, 0.717) is 12.6 Å². The summed E-state index contributed by atoms with van der Waals surface area (Å²) in [5.74, 6) is -0.199. The number of hydrogen-bond acceptors (Lipinski definition) is 2. The van der Waals surface area contributed by atoms with Gasteiger partial charge in [0.1, 0.15) is 5.82 Å². The average molecular weight is 224 g/mol. The summed E-state index contributed by atoms with van der Waals surface area (Å²) in [7, 11) is 2.06. The highest BCUT2D eigenvalue weighted by Crippen LogP contribution is 2.12. The van der Waals surface area contributed by atoms with Crippen LogP contribution in [0.25, 0.3) is 0 Å². The van der Waals surface area contributed by atoms with Gasteiger partial charge in [-0.15, -0.1) is 0 Å². The fourth-order valence-corrected chi connectivity index (χ4v) is 1.68. The molecule has 90 valence electrons. The molecule has 0 saturated carbocycles. The van der Waals surface area contributed by atoms with Crippen LogP contribution in [-0.4, -0.2) is 18.0 Å². The van der Waals surface area contributed by atoms with Crippen LogP contribution in [-0.2, 0) is 13.1 Å². The Kier molecular flexibility index (Phi) is 4.90. The second-order valence-corrected chi connectivity index (χ2v) is 4.34. The van der Waals surface area contributed by atoms with Crippen LogP contribution in [0.3, 0.4) is 0 Å². The molecule has 1 atom stereocenters. The second-order valence-electron chi connectivity index (χ2n) is 4.34. The number of halogens is 1. The maximum atomic E-state index is 13.3. The van der Waals surface area contributed by atoms with E-state index in [1.807, 2.05) is 6.07 Å². The summed E-state index contributed by atoms with van der Waals surface area (Å²) in [4.78, 5) is 2.22. The Balaban J connectivity index is 2.76. The summed E-state index contributed by atoms with van der Waals surface area (Å²) < 4.78 is 13.3. The minimum atomic E-state index is -0.199. The normalized spacial score (nSPS) is 13.1. The Hall–Kier alpha value is -0.930. The monoisotopic (exact) mass is 224 g/mol. The van der Waals surface area contributed by atoms with Crippen LogP contribution in [0.4, 0.5) is 4.39 Å². The fraction of sp³-hybridized carbons (Fsp3) is 0.538. The minimum Gasteiger partial charge on any atom is -0.326 e. The fourth-order valence-electron chi connectivity index (χ4n) is 1.68. The van der Waals surface area contributed by atoms with Crippen LogP contribution < -0.4 is 5.73 Å². The zero-order chi connectivity index (χ0) is 12.1. The van der Waals surface area contributed by atoms with Crippen molar-refractivity contribution < 1.29 is 4.39 Å². The van der Waals surface area contributed by atoms with E-state index in [9.17, 15) is 4.39 Å². The van der Waals surface area contributed by atoms with Crippen LogP contribution in [0.2, 0.25) is 0 Å². The molecule has 0 aliphatic heterocycles. The van der Waals surface area contributed by atoms with E-state index < -0.39 is 0 Å². The number of hydrogen-bond donors (Lipinski definition) is 1. The maximum Gasteiger partial charge on any atom is 0.123 e. The van der Waals surface area contributed by atoms with Crippen molar-refractivity contribution in [3.63, 3.8) is 0 Å². The van der Waals surface area contributed by atoms with Gasteiger partial charge in [-0.25, -0.2) is 4.39 Å². The van der Waals surface area contributed by atoms with Crippen molar-refractivity contribution >= 4 is 0 Å². The number of rotatable bonds is 5. The number of benzene rings is 1. The first-order valence-corrected chi connectivity index (χ1v) is 5.75. The molecule has 0 aliphatic carbocycles. The van der Waals surface area contributed by atoms with E-state index in [2.05, 4.69) is 25.8 Å². The SMILES string of the molecule is CCC(C)N(C)Cc1cc(F)cc(CN)c1. The van der Waals surface area contributed by atoms with Crippen molar-refractivity contribution in [2.75, 3.05) is 7.05 Å². The lowest BCUT2D eigenvalue weighted by atomic mass is 10.1. The molecule has 1 aromatic carbocycles. The van der Waals surface area contributed by atoms with Gasteiger partial charge in [-0.2, -0.15) is 0 Å². The third-order valence-electron chi connectivity index (χ3n) is 3.03. The summed E-state index contributed by atoms with van der Waals surface area (Å²) >= 11 is 0. The molecule has 0 aromatic heterocycles. The van der Waals surface area contributed by atoms with Crippen molar-refractivity contribution in [2.45, 2.75) is 39.4 Å². The highest BCUT2D eigenvalue weighted by atomic mass is 19.1. The topological polar surface area (TPSA) is 29.3 Å². The lowest BCUT2D eigenvalue weighted by Gasteiger charge is -2.23. The molecule has 3 heteroatoms. The highest BCUT2D eigenvalue weighted by Gasteiger charge is 2.08. The van der Waals surface area contributed by atoms with Crippen LogP contribution in [0.15, 0.2) is 18.2 Å². The van der Waals surface area contributed by atoms with E-state index in [1.54, 1.807) is 6.07 Å². The van der Waals surface area contributed by atoms with Gasteiger partial charge in [0.2, 0.25) is 0 Å². The largest absolute Gasteiger partial charge is 0.326 e. The van der Waals surface area contributed by atoms with Crippen molar-refractivity contribution in [2.24, 2.45) is 5.73 Å². The molecule has 2 nitrogen and oxygen atoms in total. The molecule has 0 spiro atoms. The summed E-state index contributed by atoms with van der Waals surface area (Å²) in [6.07, 6.45) is 1.09. The molecule has 0 radical (unpaired) electrons. The third kappa shape index (κ3) is 3.58. The number of nitrogens with two attached hydrogens (primary N) is 1. The molecular formula is C13H21FN2. The van der Waals surface area contributed by atoms with Gasteiger partial charge >= 0.3 is 0 Å². The van der Waals surface area contributed by atoms with Crippen LogP contribution in [0.5, 0.6) is 0 Å². The van der Waals surface area contributed by atoms with Crippen molar-refractivity contribution in [3.8, 4) is 0 Å². The Morgan fingerprint density at radius 3 is 2.50 bits per heavy atom. The Morgan fingerprint density at radius 2 is 1.94 bits per heavy atom. The van der Waals surface area contributed by atoms with Gasteiger partial charge in [0.25, 0.3) is 0 Å². The maximum absolute atomic E-state index is 13.3. The summed E-state index contributed by atoms with van der Waals surface area (Å²) in [6, 6.07) is 5.55. The smallest absolute Gasteiger partial charge is 0.123 e. The zero-order valence-corrected chi connectivity index (χ0v) is 10.3. The Bertz CT molecular complexity index is 339. The molecular weight excluding hydrogens is 203 g/mol. The van der Waals surface area contributed by atoms with Crippen molar-refractivity contribution in [1.29, 1.82) is 0 Å². The highest BCUT2D eigenvalue weighted by molar-refractivity contribution is 5.24. The van der Waals surface area contributed by atoms with Crippen molar-refractivity contribution in [1.82, 2.24) is 4.90 Å². The standard InChI is InChI=1S/C13H21FN2/c1-4-10(2)16(3)9-12-5-11(8-15)6-13(14)7-12/h5-7,10H,4,8-9,15H2,1-3H3. The average Bonchev–Trinajstić information content (AvgIpc) is 2.26. The first-order chi connectivity index (χ1) is 7.56. The van der Waals surface area contributed by atoms with Crippen LogP contribution in [0.1, 0.15) is 31.4 Å². The molecule has 1 rings (SSSR count). The van der Waals surface area contributed by atoms with Gasteiger partial charge in [-0.1, -0.05) is 13.0 Å². The zero-order valence-electron chi connectivity index (χ0n) is 10.3. The van der Waals surface area contributed by atoms with Gasteiger partial charge in [-0.05, 0) is 43.7 Å². The van der Waals surface area contributed by atoms with Crippen LogP contribution in [0, 0.1) is 5.82 Å². The lowest BCUT2D eigenvalue weighted by Crippen LogP contribution is -2.27. The molecule has 1 unspecified atom stereocenters. The summed E-state index contributed by atoms with van der Waals surface area (Å²) in [5, 5.41) is 0. The third-order valence-corrected chi connectivity index (χ3v) is 3.03.